The minimum absolute atomic E-state index is 0.0912. The molecule has 1 heterocycles. The molecule has 0 atom stereocenters. The Morgan fingerprint density at radius 3 is 2.50 bits per heavy atom. The topological polar surface area (TPSA) is 65.6 Å². The number of oxime groups is 1. The predicted molar refractivity (Wildman–Crippen MR) is 86.5 cm³/mol. The first kappa shape index (κ1) is 19.7. The maximum atomic E-state index is 14.2. The monoisotopic (exact) mass is 393 g/mol. The van der Waals surface area contributed by atoms with Gasteiger partial charge in [0.15, 0.2) is 0 Å². The minimum Gasteiger partial charge on any atom is -0.396 e. The molecular weight excluding hydrogens is 382 g/mol. The summed E-state index contributed by atoms with van der Waals surface area (Å²) in [6.45, 7) is 1.92. The van der Waals surface area contributed by atoms with Gasteiger partial charge in [0.1, 0.15) is 18.1 Å². The van der Waals surface area contributed by atoms with Crippen LogP contribution < -0.4 is 11.2 Å². The van der Waals surface area contributed by atoms with Crippen molar-refractivity contribution in [1.29, 1.82) is 0 Å². The quantitative estimate of drug-likeness (QED) is 0.456. The summed E-state index contributed by atoms with van der Waals surface area (Å²) in [5.41, 5.74) is -4.61. The van der Waals surface area contributed by atoms with Crippen LogP contribution in [-0.2, 0) is 18.1 Å². The van der Waals surface area contributed by atoms with Crippen LogP contribution in [0.15, 0.2) is 32.9 Å². The Morgan fingerprint density at radius 2 is 1.92 bits per heavy atom. The van der Waals surface area contributed by atoms with Gasteiger partial charge >= 0.3 is 11.9 Å². The van der Waals surface area contributed by atoms with Gasteiger partial charge in [-0.15, -0.1) is 0 Å². The molecule has 2 rings (SSSR count). The third kappa shape index (κ3) is 3.79. The van der Waals surface area contributed by atoms with Gasteiger partial charge < -0.3 is 4.84 Å². The first-order valence-electron chi connectivity index (χ1n) is 7.13. The van der Waals surface area contributed by atoms with Crippen molar-refractivity contribution in [3.8, 4) is 5.69 Å². The third-order valence-corrected chi connectivity index (χ3v) is 3.64. The number of benzene rings is 1. The molecule has 140 valence electrons. The van der Waals surface area contributed by atoms with E-state index in [9.17, 15) is 27.2 Å². The molecule has 6 nitrogen and oxygen atoms in total. The lowest BCUT2D eigenvalue weighted by Gasteiger charge is -2.14. The van der Waals surface area contributed by atoms with E-state index in [2.05, 4.69) is 5.16 Å². The predicted octanol–water partition coefficient (Wildman–Crippen LogP) is 2.72. The molecule has 0 fully saturated rings. The van der Waals surface area contributed by atoms with Crippen molar-refractivity contribution in [2.24, 2.45) is 12.2 Å². The first-order valence-corrected chi connectivity index (χ1v) is 7.50. The van der Waals surface area contributed by atoms with E-state index >= 15 is 0 Å². The molecule has 1 aromatic heterocycles. The highest BCUT2D eigenvalue weighted by atomic mass is 35.5. The SMILES string of the molecule is CCON=Cc1cc(-n2c(=O)cc(C(F)(F)F)n(C)c2=O)c(F)cc1Cl. The number of halogens is 5. The average molecular weight is 394 g/mol. The molecule has 0 N–H and O–H groups in total. The Morgan fingerprint density at radius 1 is 1.27 bits per heavy atom. The standard InChI is InChI=1S/C15H12ClF4N3O3/c1-3-26-21-7-8-4-11(10(17)5-9(8)16)23-13(24)6-12(15(18,19)20)22(2)14(23)25/h4-7H,3H2,1-2H3. The highest BCUT2D eigenvalue weighted by Gasteiger charge is 2.35. The maximum Gasteiger partial charge on any atom is 0.431 e. The lowest BCUT2D eigenvalue weighted by atomic mass is 10.2. The van der Waals surface area contributed by atoms with Crippen molar-refractivity contribution in [2.75, 3.05) is 6.61 Å². The van der Waals surface area contributed by atoms with E-state index in [1.807, 2.05) is 0 Å². The number of hydrogen-bond acceptors (Lipinski definition) is 4. The molecule has 1 aromatic carbocycles. The van der Waals surface area contributed by atoms with Crippen molar-refractivity contribution in [3.63, 3.8) is 0 Å². The van der Waals surface area contributed by atoms with Crippen LogP contribution in [0.3, 0.4) is 0 Å². The number of nitrogens with zero attached hydrogens (tertiary/aromatic N) is 3. The van der Waals surface area contributed by atoms with E-state index in [4.69, 9.17) is 16.4 Å². The van der Waals surface area contributed by atoms with Gasteiger partial charge in [0, 0.05) is 18.7 Å². The summed E-state index contributed by atoms with van der Waals surface area (Å²) < 4.78 is 53.4. The van der Waals surface area contributed by atoms with Gasteiger partial charge in [0.25, 0.3) is 5.56 Å². The Labute approximate surface area is 148 Å². The van der Waals surface area contributed by atoms with Gasteiger partial charge in [-0.25, -0.2) is 13.8 Å². The molecule has 0 aliphatic rings. The molecule has 0 saturated carbocycles. The van der Waals surface area contributed by atoms with Crippen LogP contribution in [0, 0.1) is 5.82 Å². The van der Waals surface area contributed by atoms with Crippen molar-refractivity contribution in [3.05, 3.63) is 61.1 Å². The summed E-state index contributed by atoms with van der Waals surface area (Å²) in [5.74, 6) is -1.07. The summed E-state index contributed by atoms with van der Waals surface area (Å²) in [5, 5.41) is 3.45. The van der Waals surface area contributed by atoms with Crippen LogP contribution in [0.2, 0.25) is 5.02 Å². The summed E-state index contributed by atoms with van der Waals surface area (Å²) in [7, 11) is 0.826. The molecule has 0 unspecified atom stereocenters. The molecule has 26 heavy (non-hydrogen) atoms. The zero-order chi connectivity index (χ0) is 19.6. The van der Waals surface area contributed by atoms with Gasteiger partial charge in [0.2, 0.25) is 0 Å². The van der Waals surface area contributed by atoms with Crippen LogP contribution in [-0.4, -0.2) is 22.0 Å². The molecule has 2 aromatic rings. The fraction of sp³-hybridized carbons (Fsp3) is 0.267. The molecule has 0 amide bonds. The second-order valence-electron chi connectivity index (χ2n) is 5.02. The van der Waals surface area contributed by atoms with Gasteiger partial charge in [0.05, 0.1) is 16.9 Å². The molecule has 0 aliphatic carbocycles. The Hall–Kier alpha value is -2.62. The fourth-order valence-corrected chi connectivity index (χ4v) is 2.31. The minimum atomic E-state index is -4.92. The van der Waals surface area contributed by atoms with Crippen LogP contribution >= 0.6 is 11.6 Å². The lowest BCUT2D eigenvalue weighted by Crippen LogP contribution is -2.41. The number of aromatic nitrogens is 2. The van der Waals surface area contributed by atoms with Gasteiger partial charge in [-0.2, -0.15) is 13.2 Å². The van der Waals surface area contributed by atoms with Crippen LogP contribution in [0.4, 0.5) is 17.6 Å². The van der Waals surface area contributed by atoms with Crippen molar-refractivity contribution in [1.82, 2.24) is 9.13 Å². The van der Waals surface area contributed by atoms with E-state index in [1.165, 1.54) is 0 Å². The largest absolute Gasteiger partial charge is 0.431 e. The molecule has 0 saturated heterocycles. The average Bonchev–Trinajstić information content (AvgIpc) is 2.53. The Balaban J connectivity index is 2.73. The highest BCUT2D eigenvalue weighted by molar-refractivity contribution is 6.33. The summed E-state index contributed by atoms with van der Waals surface area (Å²) in [4.78, 5) is 29.0. The van der Waals surface area contributed by atoms with Crippen molar-refractivity contribution >= 4 is 17.8 Å². The van der Waals surface area contributed by atoms with Gasteiger partial charge in [-0.05, 0) is 19.1 Å². The first-order chi connectivity index (χ1) is 12.1. The summed E-state index contributed by atoms with van der Waals surface area (Å²) >= 11 is 5.86. The lowest BCUT2D eigenvalue weighted by molar-refractivity contribution is -0.144. The van der Waals surface area contributed by atoms with Crippen molar-refractivity contribution in [2.45, 2.75) is 13.1 Å². The van der Waals surface area contributed by atoms with E-state index < -0.39 is 34.6 Å². The molecule has 0 aliphatic heterocycles. The molecule has 0 spiro atoms. The summed E-state index contributed by atoms with van der Waals surface area (Å²) in [6, 6.07) is 2.04. The van der Waals surface area contributed by atoms with E-state index in [1.54, 1.807) is 6.92 Å². The fourth-order valence-electron chi connectivity index (χ4n) is 2.11. The number of alkyl halides is 3. The second-order valence-corrected chi connectivity index (χ2v) is 5.43. The molecule has 0 radical (unpaired) electrons. The van der Waals surface area contributed by atoms with E-state index in [0.29, 0.717) is 0 Å². The number of rotatable bonds is 4. The van der Waals surface area contributed by atoms with Crippen LogP contribution in [0.1, 0.15) is 18.2 Å². The highest BCUT2D eigenvalue weighted by Crippen LogP contribution is 2.27. The molecule has 0 bridgehead atoms. The van der Waals surface area contributed by atoms with Crippen LogP contribution in [0.25, 0.3) is 5.69 Å². The Kier molecular flexibility index (Phi) is 5.55. The zero-order valence-electron chi connectivity index (χ0n) is 13.5. The molecule has 11 heteroatoms. The Bertz CT molecular complexity index is 980. The normalized spacial score (nSPS) is 12.0. The van der Waals surface area contributed by atoms with Gasteiger partial charge in [-0.3, -0.25) is 9.36 Å². The van der Waals surface area contributed by atoms with Gasteiger partial charge in [-0.1, -0.05) is 16.8 Å². The smallest absolute Gasteiger partial charge is 0.396 e. The number of hydrogen-bond donors (Lipinski definition) is 0. The van der Waals surface area contributed by atoms with Crippen LogP contribution in [0.5, 0.6) is 0 Å². The zero-order valence-corrected chi connectivity index (χ0v) is 14.2. The van der Waals surface area contributed by atoms with E-state index in [0.717, 1.165) is 25.4 Å². The second kappa shape index (κ2) is 7.32. The third-order valence-electron chi connectivity index (χ3n) is 3.31. The molecular formula is C15H12ClF4N3O3. The van der Waals surface area contributed by atoms with Crippen molar-refractivity contribution < 1.29 is 22.4 Å². The van der Waals surface area contributed by atoms with E-state index in [-0.39, 0.29) is 32.4 Å². The maximum absolute atomic E-state index is 14.2. The summed E-state index contributed by atoms with van der Waals surface area (Å²) in [6.07, 6.45) is -3.80.